The van der Waals surface area contributed by atoms with Crippen LogP contribution in [0.2, 0.25) is 0 Å². The zero-order valence-corrected chi connectivity index (χ0v) is 11.9. The molecule has 1 amide bonds. The van der Waals surface area contributed by atoms with Gasteiger partial charge in [0.25, 0.3) is 0 Å². The molecular formula is C13H15Cl2NO3. The van der Waals surface area contributed by atoms with Crippen molar-refractivity contribution in [2.24, 2.45) is 0 Å². The van der Waals surface area contributed by atoms with Gasteiger partial charge in [-0.1, -0.05) is 53.5 Å². The summed E-state index contributed by atoms with van der Waals surface area (Å²) in [5, 5.41) is 2.46. The van der Waals surface area contributed by atoms with E-state index in [0.717, 1.165) is 5.56 Å². The van der Waals surface area contributed by atoms with E-state index >= 15 is 0 Å². The van der Waals surface area contributed by atoms with E-state index in [1.165, 1.54) is 0 Å². The molecule has 0 spiro atoms. The first-order chi connectivity index (χ1) is 9.04. The van der Waals surface area contributed by atoms with Crippen molar-refractivity contribution in [1.82, 2.24) is 5.32 Å². The highest BCUT2D eigenvalue weighted by Crippen LogP contribution is 2.14. The second kappa shape index (κ2) is 8.02. The number of benzene rings is 1. The molecule has 0 aromatic heterocycles. The summed E-state index contributed by atoms with van der Waals surface area (Å²) in [6.45, 7) is 2.16. The summed E-state index contributed by atoms with van der Waals surface area (Å²) < 4.78 is 5.05. The van der Waals surface area contributed by atoms with Crippen LogP contribution in [-0.4, -0.2) is 29.4 Å². The number of carbonyl (C=O) groups is 2. The summed E-state index contributed by atoms with van der Waals surface area (Å²) in [7, 11) is 0. The van der Waals surface area contributed by atoms with E-state index in [2.05, 4.69) is 5.32 Å². The van der Waals surface area contributed by atoms with E-state index in [4.69, 9.17) is 27.9 Å². The molecule has 0 aliphatic carbocycles. The number of halogens is 2. The molecule has 0 saturated heterocycles. The largest absolute Gasteiger partial charge is 0.438 e. The van der Waals surface area contributed by atoms with Crippen LogP contribution in [0.15, 0.2) is 30.3 Å². The molecule has 1 rings (SSSR count). The highest BCUT2D eigenvalue weighted by molar-refractivity contribution is 6.54. The molecule has 0 fully saturated rings. The van der Waals surface area contributed by atoms with Gasteiger partial charge >= 0.3 is 6.09 Å². The van der Waals surface area contributed by atoms with Crippen LogP contribution in [0.3, 0.4) is 0 Å². The van der Waals surface area contributed by atoms with Gasteiger partial charge < -0.3 is 10.1 Å². The molecular weight excluding hydrogens is 289 g/mol. The van der Waals surface area contributed by atoms with E-state index in [1.807, 2.05) is 30.3 Å². The van der Waals surface area contributed by atoms with Crippen molar-refractivity contribution in [2.75, 3.05) is 6.54 Å². The smallest absolute Gasteiger partial charge is 0.407 e. The highest BCUT2D eigenvalue weighted by Gasteiger charge is 2.27. The topological polar surface area (TPSA) is 55.4 Å². The van der Waals surface area contributed by atoms with Gasteiger partial charge in [0, 0.05) is 13.0 Å². The normalized spacial score (nSPS) is 12.0. The number of hydrogen-bond acceptors (Lipinski definition) is 3. The molecule has 0 aliphatic rings. The quantitative estimate of drug-likeness (QED) is 0.822. The SMILES string of the molecule is CCNC(=O)OC(Cc1ccccc1)C(=O)C(Cl)Cl. The number of ether oxygens (including phenoxy) is 1. The van der Waals surface area contributed by atoms with Crippen molar-refractivity contribution in [3.05, 3.63) is 35.9 Å². The van der Waals surface area contributed by atoms with Crippen LogP contribution in [-0.2, 0) is 16.0 Å². The number of amides is 1. The second-order valence-electron chi connectivity index (χ2n) is 3.82. The molecule has 4 nitrogen and oxygen atoms in total. The van der Waals surface area contributed by atoms with Crippen LogP contribution in [0.5, 0.6) is 0 Å². The Balaban J connectivity index is 2.75. The van der Waals surface area contributed by atoms with Crippen molar-refractivity contribution in [3.8, 4) is 0 Å². The van der Waals surface area contributed by atoms with Crippen LogP contribution in [0.1, 0.15) is 12.5 Å². The molecule has 19 heavy (non-hydrogen) atoms. The number of hydrogen-bond donors (Lipinski definition) is 1. The van der Waals surface area contributed by atoms with Gasteiger partial charge in [0.05, 0.1) is 0 Å². The zero-order chi connectivity index (χ0) is 14.3. The summed E-state index contributed by atoms with van der Waals surface area (Å²) in [4.78, 5) is 22.0. The van der Waals surface area contributed by atoms with Crippen molar-refractivity contribution < 1.29 is 14.3 Å². The van der Waals surface area contributed by atoms with Gasteiger partial charge in [0.15, 0.2) is 10.9 Å². The molecule has 0 heterocycles. The third kappa shape index (κ3) is 5.49. The molecule has 1 N–H and O–H groups in total. The molecule has 0 radical (unpaired) electrons. The van der Waals surface area contributed by atoms with E-state index in [1.54, 1.807) is 6.92 Å². The lowest BCUT2D eigenvalue weighted by atomic mass is 10.1. The number of rotatable bonds is 6. The molecule has 6 heteroatoms. The van der Waals surface area contributed by atoms with Gasteiger partial charge in [-0.05, 0) is 12.5 Å². The monoisotopic (exact) mass is 303 g/mol. The van der Waals surface area contributed by atoms with Gasteiger partial charge in [-0.3, -0.25) is 4.79 Å². The predicted octanol–water partition coefficient (Wildman–Crippen LogP) is 2.72. The zero-order valence-electron chi connectivity index (χ0n) is 10.4. The Morgan fingerprint density at radius 3 is 2.42 bits per heavy atom. The Morgan fingerprint density at radius 1 is 1.26 bits per heavy atom. The maximum absolute atomic E-state index is 11.8. The number of ketones is 1. The van der Waals surface area contributed by atoms with Crippen molar-refractivity contribution in [1.29, 1.82) is 0 Å². The van der Waals surface area contributed by atoms with E-state index in [9.17, 15) is 9.59 Å². The van der Waals surface area contributed by atoms with Crippen LogP contribution >= 0.6 is 23.2 Å². The second-order valence-corrected chi connectivity index (χ2v) is 4.91. The fourth-order valence-corrected chi connectivity index (χ4v) is 1.77. The lowest BCUT2D eigenvalue weighted by Gasteiger charge is -2.17. The van der Waals surface area contributed by atoms with E-state index in [0.29, 0.717) is 6.54 Å². The van der Waals surface area contributed by atoms with Gasteiger partial charge in [-0.25, -0.2) is 4.79 Å². The molecule has 1 unspecified atom stereocenters. The third-order valence-corrected chi connectivity index (χ3v) is 2.80. The predicted molar refractivity (Wildman–Crippen MR) is 74.6 cm³/mol. The van der Waals surface area contributed by atoms with Gasteiger partial charge in [-0.15, -0.1) is 0 Å². The lowest BCUT2D eigenvalue weighted by Crippen LogP contribution is -2.37. The molecule has 0 bridgehead atoms. The fraction of sp³-hybridized carbons (Fsp3) is 0.385. The molecule has 104 valence electrons. The first kappa shape index (κ1) is 15.8. The Hall–Kier alpha value is -1.26. The Kier molecular flexibility index (Phi) is 6.67. The number of carbonyl (C=O) groups excluding carboxylic acids is 2. The summed E-state index contributed by atoms with van der Waals surface area (Å²) in [5.74, 6) is -0.529. The Bertz CT molecular complexity index is 423. The minimum absolute atomic E-state index is 0.243. The first-order valence-corrected chi connectivity index (χ1v) is 6.72. The summed E-state index contributed by atoms with van der Waals surface area (Å²) in [6, 6.07) is 9.19. The Labute approximate surface area is 122 Å². The molecule has 1 aromatic carbocycles. The summed E-state index contributed by atoms with van der Waals surface area (Å²) >= 11 is 11.1. The van der Waals surface area contributed by atoms with Crippen molar-refractivity contribution in [2.45, 2.75) is 24.3 Å². The average Bonchev–Trinajstić information content (AvgIpc) is 2.38. The maximum atomic E-state index is 11.8. The van der Waals surface area contributed by atoms with Crippen LogP contribution in [0.25, 0.3) is 0 Å². The van der Waals surface area contributed by atoms with Gasteiger partial charge in [0.1, 0.15) is 0 Å². The van der Waals surface area contributed by atoms with Crippen molar-refractivity contribution in [3.63, 3.8) is 0 Å². The Morgan fingerprint density at radius 2 is 1.89 bits per heavy atom. The number of alkyl carbamates (subject to hydrolysis) is 1. The fourth-order valence-electron chi connectivity index (χ4n) is 1.48. The van der Waals surface area contributed by atoms with Crippen LogP contribution < -0.4 is 5.32 Å². The van der Waals surface area contributed by atoms with E-state index in [-0.39, 0.29) is 6.42 Å². The maximum Gasteiger partial charge on any atom is 0.407 e. The standard InChI is InChI=1S/C13H15Cl2NO3/c1-2-16-13(18)19-10(11(17)12(14)15)8-9-6-4-3-5-7-9/h3-7,10,12H,2,8H2,1H3,(H,16,18). The number of alkyl halides is 2. The van der Waals surface area contributed by atoms with Gasteiger partial charge in [0.2, 0.25) is 5.78 Å². The van der Waals surface area contributed by atoms with Crippen molar-refractivity contribution >= 4 is 35.1 Å². The summed E-state index contributed by atoms with van der Waals surface area (Å²) in [6.07, 6.45) is -1.41. The minimum Gasteiger partial charge on any atom is -0.438 e. The summed E-state index contributed by atoms with van der Waals surface area (Å²) in [5.41, 5.74) is 0.860. The molecule has 1 atom stereocenters. The minimum atomic E-state index is -1.22. The van der Waals surface area contributed by atoms with Crippen LogP contribution in [0.4, 0.5) is 4.79 Å². The number of Topliss-reactive ketones (excluding diaryl/α,β-unsaturated/α-hetero) is 1. The van der Waals surface area contributed by atoms with Crippen LogP contribution in [0, 0.1) is 0 Å². The molecule has 0 aliphatic heterocycles. The number of nitrogens with one attached hydrogen (secondary N) is 1. The molecule has 1 aromatic rings. The highest BCUT2D eigenvalue weighted by atomic mass is 35.5. The first-order valence-electron chi connectivity index (χ1n) is 5.85. The molecule has 0 saturated carbocycles. The van der Waals surface area contributed by atoms with Gasteiger partial charge in [-0.2, -0.15) is 0 Å². The lowest BCUT2D eigenvalue weighted by molar-refractivity contribution is -0.125. The average molecular weight is 304 g/mol. The van der Waals surface area contributed by atoms with E-state index < -0.39 is 22.8 Å². The third-order valence-electron chi connectivity index (χ3n) is 2.37.